The number of likely N-dealkylation sites (tertiary alicyclic amines) is 1. The van der Waals surface area contributed by atoms with Crippen molar-refractivity contribution in [3.8, 4) is 6.01 Å². The third-order valence-electron chi connectivity index (χ3n) is 10.2. The van der Waals surface area contributed by atoms with Gasteiger partial charge in [-0.25, -0.2) is 0 Å². The van der Waals surface area contributed by atoms with E-state index in [9.17, 15) is 14.4 Å². The lowest BCUT2D eigenvalue weighted by Crippen LogP contribution is -2.70. The van der Waals surface area contributed by atoms with E-state index in [1.54, 1.807) is 7.05 Å². The predicted octanol–water partition coefficient (Wildman–Crippen LogP) is 3.81. The molecule has 2 aliphatic rings. The van der Waals surface area contributed by atoms with Crippen LogP contribution in [0.15, 0.2) is 53.7 Å². The SMILES string of the molecule is CCCCOc1nc(N)c(NC)c(N(C=O)Cc2ccc(CN3CC4(C3)CN(C(=O)CCCCCON=C(C)c3ccc(CC(N)C(=O)O)cc3)CCO4)cc2)n1. The fourth-order valence-electron chi connectivity index (χ4n) is 6.96. The zero-order valence-corrected chi connectivity index (χ0v) is 33.3. The van der Waals surface area contributed by atoms with Crippen LogP contribution in [-0.4, -0.2) is 114 Å². The fraction of sp³-hybridized carbons (Fsp3) is 0.512. The Labute approximate surface area is 334 Å². The third kappa shape index (κ3) is 12.1. The quantitative estimate of drug-likeness (QED) is 0.0495. The molecule has 1 aromatic heterocycles. The molecule has 16 heteroatoms. The van der Waals surface area contributed by atoms with Gasteiger partial charge < -0.3 is 41.1 Å². The van der Waals surface area contributed by atoms with Gasteiger partial charge >= 0.3 is 12.0 Å². The number of oxime groups is 1. The minimum atomic E-state index is -1.02. The maximum Gasteiger partial charge on any atom is 0.320 e. The Morgan fingerprint density at radius 3 is 2.44 bits per heavy atom. The van der Waals surface area contributed by atoms with Crippen LogP contribution in [0.5, 0.6) is 6.01 Å². The highest BCUT2D eigenvalue weighted by atomic mass is 16.6. The van der Waals surface area contributed by atoms with Crippen LogP contribution in [0, 0.1) is 0 Å². The van der Waals surface area contributed by atoms with E-state index in [4.69, 9.17) is 30.9 Å². The average molecular weight is 788 g/mol. The number of ether oxygens (including phenoxy) is 2. The highest BCUT2D eigenvalue weighted by molar-refractivity contribution is 5.98. The summed E-state index contributed by atoms with van der Waals surface area (Å²) < 4.78 is 11.9. The largest absolute Gasteiger partial charge is 0.480 e. The Balaban J connectivity index is 1.00. The van der Waals surface area contributed by atoms with Crippen molar-refractivity contribution in [1.82, 2.24) is 19.8 Å². The maximum absolute atomic E-state index is 13.1. The van der Waals surface area contributed by atoms with Gasteiger partial charge in [0.25, 0.3) is 0 Å². The van der Waals surface area contributed by atoms with Crippen LogP contribution >= 0.6 is 0 Å². The first-order chi connectivity index (χ1) is 27.5. The van der Waals surface area contributed by atoms with Crippen molar-refractivity contribution in [2.24, 2.45) is 10.9 Å². The predicted molar refractivity (Wildman–Crippen MR) is 218 cm³/mol. The van der Waals surface area contributed by atoms with E-state index in [1.165, 1.54) is 4.90 Å². The average Bonchev–Trinajstić information content (AvgIpc) is 3.19. The minimum Gasteiger partial charge on any atom is -0.480 e. The molecule has 16 nitrogen and oxygen atoms in total. The van der Waals surface area contributed by atoms with Gasteiger partial charge in [0.15, 0.2) is 11.6 Å². The van der Waals surface area contributed by atoms with Gasteiger partial charge in [0.05, 0.1) is 32.0 Å². The maximum atomic E-state index is 13.1. The number of unbranched alkanes of at least 4 members (excludes halogenated alkanes) is 3. The summed E-state index contributed by atoms with van der Waals surface area (Å²) in [6, 6.07) is 14.8. The number of amides is 2. The van der Waals surface area contributed by atoms with Crippen molar-refractivity contribution in [1.29, 1.82) is 0 Å². The summed E-state index contributed by atoms with van der Waals surface area (Å²) in [5.41, 5.74) is 16.4. The van der Waals surface area contributed by atoms with Crippen molar-refractivity contribution in [2.45, 2.75) is 83.5 Å². The number of nitrogens with zero attached hydrogens (tertiary/aromatic N) is 6. The number of nitrogen functional groups attached to an aromatic ring is 1. The van der Waals surface area contributed by atoms with E-state index in [-0.39, 0.29) is 29.8 Å². The zero-order chi connectivity index (χ0) is 40.8. The molecule has 2 fully saturated rings. The Hall–Kier alpha value is -5.32. The summed E-state index contributed by atoms with van der Waals surface area (Å²) in [7, 11) is 1.71. The normalized spacial score (nSPS) is 15.8. The first-order valence-corrected chi connectivity index (χ1v) is 19.7. The van der Waals surface area contributed by atoms with Gasteiger partial charge in [-0.1, -0.05) is 67.0 Å². The van der Waals surface area contributed by atoms with Gasteiger partial charge in [-0.3, -0.25) is 24.2 Å². The van der Waals surface area contributed by atoms with E-state index in [1.807, 2.05) is 48.2 Å². The molecule has 2 amide bonds. The second-order valence-electron chi connectivity index (χ2n) is 14.8. The van der Waals surface area contributed by atoms with Crippen molar-refractivity contribution >= 4 is 41.3 Å². The molecule has 6 N–H and O–H groups in total. The van der Waals surface area contributed by atoms with Gasteiger partial charge in [0.2, 0.25) is 12.3 Å². The number of rotatable bonds is 22. The summed E-state index contributed by atoms with van der Waals surface area (Å²) in [4.78, 5) is 56.3. The molecule has 2 aromatic carbocycles. The van der Waals surface area contributed by atoms with Crippen LogP contribution in [0.25, 0.3) is 0 Å². The third-order valence-corrected chi connectivity index (χ3v) is 10.2. The molecule has 0 aliphatic carbocycles. The standard InChI is InChI=1S/C41H57N9O7/c1-4-5-19-55-40-45-37(43)36(44-3)38(46-40)50(28-51)24-32-12-10-31(11-13-32)23-48-25-41(26-48)27-49(18-21-56-41)35(52)9-7-6-8-20-57-47-29(2)33-16-14-30(15-17-33)22-34(42)39(53)54/h10-17,28,34,44H,4-9,18-27,42H2,1-3H3,(H,53,54)(H2,43,45,46). The molecule has 2 aliphatic heterocycles. The molecular formula is C41H57N9O7. The summed E-state index contributed by atoms with van der Waals surface area (Å²) >= 11 is 0. The number of hydrogen-bond donors (Lipinski definition) is 4. The number of aromatic nitrogens is 2. The number of nitrogens with one attached hydrogen (secondary N) is 1. The Bertz CT molecular complexity index is 1820. The molecule has 0 saturated carbocycles. The monoisotopic (exact) mass is 787 g/mol. The molecule has 3 heterocycles. The lowest BCUT2D eigenvalue weighted by Gasteiger charge is -2.54. The Morgan fingerprint density at radius 1 is 1.04 bits per heavy atom. The fourth-order valence-corrected chi connectivity index (χ4v) is 6.96. The van der Waals surface area contributed by atoms with E-state index in [2.05, 4.69) is 44.4 Å². The number of benzene rings is 2. The molecule has 0 bridgehead atoms. The van der Waals surface area contributed by atoms with Crippen molar-refractivity contribution in [3.05, 3.63) is 70.8 Å². The number of carbonyl (C=O) groups is 3. The summed E-state index contributed by atoms with van der Waals surface area (Å²) in [6.07, 6.45) is 5.73. The smallest absolute Gasteiger partial charge is 0.320 e. The molecule has 5 rings (SSSR count). The minimum absolute atomic E-state index is 0.139. The van der Waals surface area contributed by atoms with Crippen molar-refractivity contribution in [3.63, 3.8) is 0 Å². The molecule has 57 heavy (non-hydrogen) atoms. The number of carboxylic acid groups (broad SMARTS) is 1. The van der Waals surface area contributed by atoms with Crippen molar-refractivity contribution in [2.75, 3.05) is 69.0 Å². The molecule has 1 spiro atoms. The molecular weight excluding hydrogens is 731 g/mol. The van der Waals surface area contributed by atoms with Gasteiger partial charge in [0, 0.05) is 39.6 Å². The second kappa shape index (κ2) is 20.7. The highest BCUT2D eigenvalue weighted by Crippen LogP contribution is 2.32. The van der Waals surface area contributed by atoms with Crippen molar-refractivity contribution < 1.29 is 33.8 Å². The first kappa shape index (κ1) is 42.8. The highest BCUT2D eigenvalue weighted by Gasteiger charge is 2.47. The lowest BCUT2D eigenvalue weighted by molar-refractivity contribution is -0.190. The van der Waals surface area contributed by atoms with Crippen LogP contribution in [0.2, 0.25) is 0 Å². The number of morpholine rings is 1. The molecule has 2 saturated heterocycles. The lowest BCUT2D eigenvalue weighted by atomic mass is 9.91. The molecule has 1 atom stereocenters. The summed E-state index contributed by atoms with van der Waals surface area (Å²) in [6.45, 7) is 9.13. The number of carbonyl (C=O) groups excluding carboxylic acids is 2. The van der Waals surface area contributed by atoms with Gasteiger partial charge in [-0.15, -0.1) is 0 Å². The topological polar surface area (TPSA) is 211 Å². The van der Waals surface area contributed by atoms with Crippen LogP contribution in [0.3, 0.4) is 0 Å². The number of carboxylic acids is 1. The molecule has 308 valence electrons. The van der Waals surface area contributed by atoms with Crippen LogP contribution in [0.1, 0.15) is 74.6 Å². The number of hydrogen-bond acceptors (Lipinski definition) is 13. The van der Waals surface area contributed by atoms with Gasteiger partial charge in [-0.2, -0.15) is 9.97 Å². The zero-order valence-electron chi connectivity index (χ0n) is 33.3. The van der Waals surface area contributed by atoms with Gasteiger partial charge in [-0.05, 0) is 61.3 Å². The Kier molecular flexibility index (Phi) is 15.6. The molecule has 0 radical (unpaired) electrons. The van der Waals surface area contributed by atoms with E-state index >= 15 is 0 Å². The van der Waals surface area contributed by atoms with Gasteiger partial charge in [0.1, 0.15) is 23.9 Å². The number of aliphatic carboxylic acids is 1. The summed E-state index contributed by atoms with van der Waals surface area (Å²) in [5.74, 6) is -0.304. The van der Waals surface area contributed by atoms with Crippen LogP contribution in [-0.2, 0) is 43.5 Å². The molecule has 1 unspecified atom stereocenters. The summed E-state index contributed by atoms with van der Waals surface area (Å²) in [5, 5.41) is 16.2. The second-order valence-corrected chi connectivity index (χ2v) is 14.8. The van der Waals surface area contributed by atoms with E-state index in [0.717, 1.165) is 86.1 Å². The van der Waals surface area contributed by atoms with E-state index < -0.39 is 12.0 Å². The Morgan fingerprint density at radius 2 is 1.75 bits per heavy atom. The number of anilines is 3. The molecule has 3 aromatic rings. The number of nitrogens with two attached hydrogens (primary N) is 2. The van der Waals surface area contributed by atoms with Crippen LogP contribution < -0.4 is 26.4 Å². The van der Waals surface area contributed by atoms with Crippen LogP contribution in [0.4, 0.5) is 17.3 Å². The first-order valence-electron chi connectivity index (χ1n) is 19.7. The van der Waals surface area contributed by atoms with E-state index in [0.29, 0.717) is 57.4 Å².